The van der Waals surface area contributed by atoms with Gasteiger partial charge in [0.25, 0.3) is 5.91 Å². The minimum Gasteiger partial charge on any atom is -0.481 e. The molecule has 1 aromatic carbocycles. The number of benzene rings is 1. The Morgan fingerprint density at radius 1 is 1.28 bits per heavy atom. The lowest BCUT2D eigenvalue weighted by Gasteiger charge is -2.18. The summed E-state index contributed by atoms with van der Waals surface area (Å²) >= 11 is 0. The van der Waals surface area contributed by atoms with E-state index >= 15 is 0 Å². The highest BCUT2D eigenvalue weighted by Crippen LogP contribution is 2.27. The maximum absolute atomic E-state index is 11.8. The number of hydrogen-bond donors (Lipinski definition) is 1. The van der Waals surface area contributed by atoms with Gasteiger partial charge in [0, 0.05) is 6.04 Å². The summed E-state index contributed by atoms with van der Waals surface area (Å²) in [5, 5.41) is 2.96. The molecule has 1 aliphatic rings. The Labute approximate surface area is 109 Å². The van der Waals surface area contributed by atoms with Crippen LogP contribution in [0.15, 0.2) is 24.3 Å². The molecule has 98 valence electrons. The number of amides is 1. The summed E-state index contributed by atoms with van der Waals surface area (Å²) in [6.07, 6.45) is 1.76. The van der Waals surface area contributed by atoms with Crippen LogP contribution in [0.4, 0.5) is 0 Å². The van der Waals surface area contributed by atoms with Crippen LogP contribution in [0.3, 0.4) is 0 Å². The van der Waals surface area contributed by atoms with Gasteiger partial charge in [-0.2, -0.15) is 0 Å². The highest BCUT2D eigenvalue weighted by Gasteiger charge is 2.26. The largest absolute Gasteiger partial charge is 0.481 e. The Bertz CT molecular complexity index is 424. The van der Waals surface area contributed by atoms with Crippen LogP contribution in [-0.2, 0) is 4.79 Å². The quantitative estimate of drug-likeness (QED) is 0.869. The fourth-order valence-electron chi connectivity index (χ4n) is 1.86. The van der Waals surface area contributed by atoms with Gasteiger partial charge in [-0.05, 0) is 37.3 Å². The van der Waals surface area contributed by atoms with Gasteiger partial charge in [-0.3, -0.25) is 4.79 Å². The highest BCUT2D eigenvalue weighted by atomic mass is 16.5. The third-order valence-corrected chi connectivity index (χ3v) is 3.14. The van der Waals surface area contributed by atoms with Crippen LogP contribution in [0.1, 0.15) is 45.1 Å². The molecule has 0 aliphatic heterocycles. The van der Waals surface area contributed by atoms with Gasteiger partial charge in [-0.25, -0.2) is 0 Å². The lowest BCUT2D eigenvalue weighted by Crippen LogP contribution is -2.37. The molecule has 0 unspecified atom stereocenters. The fraction of sp³-hybridized carbons (Fsp3) is 0.533. The maximum atomic E-state index is 11.8. The molecule has 1 N–H and O–H groups in total. The third kappa shape index (κ3) is 3.25. The second-order valence-corrected chi connectivity index (χ2v) is 5.24. The molecular formula is C15H21NO2. The minimum absolute atomic E-state index is 0.0175. The first-order chi connectivity index (χ1) is 8.58. The van der Waals surface area contributed by atoms with Crippen LogP contribution >= 0.6 is 0 Å². The molecule has 18 heavy (non-hydrogen) atoms. The molecule has 0 saturated heterocycles. The molecule has 0 heterocycles. The summed E-state index contributed by atoms with van der Waals surface area (Å²) in [5.74, 6) is 1.18. The van der Waals surface area contributed by atoms with Gasteiger partial charge in [0.05, 0.1) is 0 Å². The van der Waals surface area contributed by atoms with Crippen LogP contribution in [-0.4, -0.2) is 18.1 Å². The van der Waals surface area contributed by atoms with Crippen LogP contribution in [0.25, 0.3) is 0 Å². The van der Waals surface area contributed by atoms with Gasteiger partial charge in [-0.1, -0.05) is 32.0 Å². The molecule has 3 heteroatoms. The molecule has 1 aromatic rings. The summed E-state index contributed by atoms with van der Waals surface area (Å²) in [5.41, 5.74) is 1.14. The summed E-state index contributed by atoms with van der Waals surface area (Å²) in [6, 6.07) is 8.29. The van der Waals surface area contributed by atoms with Gasteiger partial charge in [0.1, 0.15) is 5.75 Å². The Morgan fingerprint density at radius 2 is 1.94 bits per heavy atom. The summed E-state index contributed by atoms with van der Waals surface area (Å²) in [6.45, 7) is 6.04. The van der Waals surface area contributed by atoms with Crippen LogP contribution in [0, 0.1) is 0 Å². The number of hydrogen-bond acceptors (Lipinski definition) is 2. The average molecular weight is 247 g/mol. The molecular weight excluding hydrogens is 226 g/mol. The van der Waals surface area contributed by atoms with Crippen LogP contribution < -0.4 is 10.1 Å². The summed E-state index contributed by atoms with van der Waals surface area (Å²) in [4.78, 5) is 11.8. The van der Waals surface area contributed by atoms with Crippen LogP contribution in [0.5, 0.6) is 5.75 Å². The van der Waals surface area contributed by atoms with E-state index in [1.165, 1.54) is 0 Å². The number of para-hydroxylation sites is 1. The lowest BCUT2D eigenvalue weighted by molar-refractivity contribution is -0.127. The zero-order valence-electron chi connectivity index (χ0n) is 11.3. The molecule has 0 radical (unpaired) electrons. The number of carbonyl (C=O) groups is 1. The number of nitrogens with one attached hydrogen (secondary N) is 1. The molecule has 1 amide bonds. The molecule has 0 spiro atoms. The minimum atomic E-state index is -0.439. The topological polar surface area (TPSA) is 38.3 Å². The Kier molecular flexibility index (Phi) is 3.90. The zero-order chi connectivity index (χ0) is 13.1. The molecule has 1 saturated carbocycles. The monoisotopic (exact) mass is 247 g/mol. The SMILES string of the molecule is CC(C)c1ccccc1O[C@H](C)C(=O)NC1CC1. The van der Waals surface area contributed by atoms with Gasteiger partial charge >= 0.3 is 0 Å². The molecule has 2 rings (SSSR count). The second-order valence-electron chi connectivity index (χ2n) is 5.24. The zero-order valence-corrected chi connectivity index (χ0v) is 11.3. The van der Waals surface area contributed by atoms with Crippen molar-refractivity contribution in [3.8, 4) is 5.75 Å². The van der Waals surface area contributed by atoms with Crippen molar-refractivity contribution in [1.29, 1.82) is 0 Å². The molecule has 0 aromatic heterocycles. The maximum Gasteiger partial charge on any atom is 0.260 e. The summed E-state index contributed by atoms with van der Waals surface area (Å²) in [7, 11) is 0. The fourth-order valence-corrected chi connectivity index (χ4v) is 1.86. The van der Waals surface area contributed by atoms with E-state index in [0.29, 0.717) is 12.0 Å². The Balaban J connectivity index is 2.01. The lowest BCUT2D eigenvalue weighted by atomic mass is 10.0. The van der Waals surface area contributed by atoms with Crippen molar-refractivity contribution in [2.24, 2.45) is 0 Å². The van der Waals surface area contributed by atoms with Crippen molar-refractivity contribution in [2.45, 2.75) is 51.7 Å². The first-order valence-electron chi connectivity index (χ1n) is 6.64. The van der Waals surface area contributed by atoms with Crippen molar-refractivity contribution < 1.29 is 9.53 Å². The van der Waals surface area contributed by atoms with Gasteiger partial charge < -0.3 is 10.1 Å². The van der Waals surface area contributed by atoms with E-state index in [0.717, 1.165) is 24.2 Å². The Morgan fingerprint density at radius 3 is 2.56 bits per heavy atom. The first-order valence-corrected chi connectivity index (χ1v) is 6.64. The van der Waals surface area contributed by atoms with E-state index in [1.54, 1.807) is 6.92 Å². The number of rotatable bonds is 5. The van der Waals surface area contributed by atoms with Gasteiger partial charge in [0.15, 0.2) is 6.10 Å². The molecule has 3 nitrogen and oxygen atoms in total. The predicted octanol–water partition coefficient (Wildman–Crippen LogP) is 2.86. The van der Waals surface area contributed by atoms with Crippen molar-refractivity contribution in [2.75, 3.05) is 0 Å². The van der Waals surface area contributed by atoms with E-state index in [2.05, 4.69) is 19.2 Å². The Hall–Kier alpha value is -1.51. The van der Waals surface area contributed by atoms with Crippen molar-refractivity contribution in [1.82, 2.24) is 5.32 Å². The van der Waals surface area contributed by atoms with E-state index in [-0.39, 0.29) is 5.91 Å². The van der Waals surface area contributed by atoms with Gasteiger partial charge in [-0.15, -0.1) is 0 Å². The smallest absolute Gasteiger partial charge is 0.260 e. The van der Waals surface area contributed by atoms with E-state index in [1.807, 2.05) is 24.3 Å². The molecule has 1 aliphatic carbocycles. The van der Waals surface area contributed by atoms with Crippen molar-refractivity contribution in [3.63, 3.8) is 0 Å². The van der Waals surface area contributed by atoms with Gasteiger partial charge in [0.2, 0.25) is 0 Å². The highest BCUT2D eigenvalue weighted by molar-refractivity contribution is 5.81. The molecule has 1 fully saturated rings. The summed E-state index contributed by atoms with van der Waals surface area (Å²) < 4.78 is 5.79. The van der Waals surface area contributed by atoms with E-state index in [4.69, 9.17) is 4.74 Å². The first kappa shape index (κ1) is 12.9. The molecule has 0 bridgehead atoms. The number of ether oxygens (including phenoxy) is 1. The van der Waals surface area contributed by atoms with E-state index in [9.17, 15) is 4.79 Å². The van der Waals surface area contributed by atoms with Crippen molar-refractivity contribution in [3.05, 3.63) is 29.8 Å². The second kappa shape index (κ2) is 5.42. The van der Waals surface area contributed by atoms with Crippen LogP contribution in [0.2, 0.25) is 0 Å². The van der Waals surface area contributed by atoms with Crippen molar-refractivity contribution >= 4 is 5.91 Å². The third-order valence-electron chi connectivity index (χ3n) is 3.14. The van der Waals surface area contributed by atoms with E-state index < -0.39 is 6.10 Å². The average Bonchev–Trinajstić information content (AvgIpc) is 3.13. The predicted molar refractivity (Wildman–Crippen MR) is 71.8 cm³/mol. The normalized spacial score (nSPS) is 16.4. The number of carbonyl (C=O) groups excluding carboxylic acids is 1. The standard InChI is InChI=1S/C15H21NO2/c1-10(2)13-6-4-5-7-14(13)18-11(3)15(17)16-12-8-9-12/h4-7,10-12H,8-9H2,1-3H3,(H,16,17)/t11-/m1/s1. The molecule has 1 atom stereocenters.